The van der Waals surface area contributed by atoms with Crippen LogP contribution in [0.3, 0.4) is 0 Å². The third-order valence-electron chi connectivity index (χ3n) is 4.81. The van der Waals surface area contributed by atoms with Gasteiger partial charge in [0, 0.05) is 18.2 Å². The minimum Gasteiger partial charge on any atom is -0.491 e. The lowest BCUT2D eigenvalue weighted by Gasteiger charge is -2.14. The van der Waals surface area contributed by atoms with E-state index in [4.69, 9.17) is 14.2 Å². The molecule has 3 aromatic rings. The fraction of sp³-hybridized carbons (Fsp3) is 0.174. The summed E-state index contributed by atoms with van der Waals surface area (Å²) in [6.07, 6.45) is -1.02. The van der Waals surface area contributed by atoms with E-state index >= 15 is 0 Å². The fourth-order valence-corrected chi connectivity index (χ4v) is 4.20. The van der Waals surface area contributed by atoms with Crippen molar-refractivity contribution < 1.29 is 36.9 Å². The maximum absolute atomic E-state index is 13.8. The molecule has 0 saturated carbocycles. The van der Waals surface area contributed by atoms with Gasteiger partial charge in [-0.05, 0) is 42.5 Å². The van der Waals surface area contributed by atoms with Crippen LogP contribution in [0.2, 0.25) is 0 Å². The SMILES string of the molecule is O=C(NCC(O)COc1ccc2c(c1)OCO2)c1cccc(S(=O)(=O)Nc2ccccc2F)c1. The Morgan fingerprint density at radius 2 is 1.85 bits per heavy atom. The Labute approximate surface area is 195 Å². The lowest BCUT2D eigenvalue weighted by atomic mass is 10.2. The Morgan fingerprint density at radius 3 is 2.68 bits per heavy atom. The number of hydrogen-bond acceptors (Lipinski definition) is 7. The molecule has 4 rings (SSSR count). The number of amides is 1. The second kappa shape index (κ2) is 9.98. The Morgan fingerprint density at radius 1 is 1.06 bits per heavy atom. The molecule has 34 heavy (non-hydrogen) atoms. The number of halogens is 1. The highest BCUT2D eigenvalue weighted by molar-refractivity contribution is 7.92. The molecule has 1 aliphatic rings. The van der Waals surface area contributed by atoms with E-state index in [0.29, 0.717) is 17.2 Å². The first kappa shape index (κ1) is 23.3. The number of sulfonamides is 1. The predicted molar refractivity (Wildman–Crippen MR) is 120 cm³/mol. The van der Waals surface area contributed by atoms with E-state index in [2.05, 4.69) is 10.0 Å². The summed E-state index contributed by atoms with van der Waals surface area (Å²) in [4.78, 5) is 12.3. The maximum atomic E-state index is 13.8. The van der Waals surface area contributed by atoms with E-state index in [1.165, 1.54) is 36.4 Å². The summed E-state index contributed by atoms with van der Waals surface area (Å²) >= 11 is 0. The highest BCUT2D eigenvalue weighted by Gasteiger charge is 2.19. The zero-order valence-corrected chi connectivity index (χ0v) is 18.5. The first-order valence-electron chi connectivity index (χ1n) is 10.2. The monoisotopic (exact) mass is 488 g/mol. The molecule has 1 amide bonds. The van der Waals surface area contributed by atoms with Gasteiger partial charge in [0.25, 0.3) is 15.9 Å². The van der Waals surface area contributed by atoms with Crippen molar-refractivity contribution in [2.45, 2.75) is 11.0 Å². The summed E-state index contributed by atoms with van der Waals surface area (Å²) in [7, 11) is -4.13. The molecule has 0 aromatic heterocycles. The Kier molecular flexibility index (Phi) is 6.85. The Hall–Kier alpha value is -3.83. The van der Waals surface area contributed by atoms with Gasteiger partial charge in [-0.15, -0.1) is 0 Å². The molecular formula is C23H21FN2O7S. The normalized spacial score (nSPS) is 13.2. The average Bonchev–Trinajstić information content (AvgIpc) is 3.30. The number of carbonyl (C=O) groups excluding carboxylic acids is 1. The number of ether oxygens (including phenoxy) is 3. The third kappa shape index (κ3) is 5.56. The zero-order valence-electron chi connectivity index (χ0n) is 17.7. The predicted octanol–water partition coefficient (Wildman–Crippen LogP) is 2.52. The molecule has 3 aromatic carbocycles. The van der Waals surface area contributed by atoms with Crippen LogP contribution in [-0.4, -0.2) is 45.5 Å². The molecule has 0 radical (unpaired) electrons. The van der Waals surface area contributed by atoms with Crippen LogP contribution in [0.1, 0.15) is 10.4 Å². The molecule has 1 atom stereocenters. The van der Waals surface area contributed by atoms with Gasteiger partial charge in [-0.3, -0.25) is 9.52 Å². The molecule has 0 fully saturated rings. The number of aliphatic hydroxyl groups is 1. The summed E-state index contributed by atoms with van der Waals surface area (Å²) in [5.74, 6) is 0.296. The van der Waals surface area contributed by atoms with Crippen LogP contribution in [0.5, 0.6) is 17.2 Å². The van der Waals surface area contributed by atoms with Crippen molar-refractivity contribution in [3.63, 3.8) is 0 Å². The largest absolute Gasteiger partial charge is 0.491 e. The molecule has 178 valence electrons. The van der Waals surface area contributed by atoms with E-state index < -0.39 is 27.9 Å². The number of anilines is 1. The Balaban J connectivity index is 1.32. The van der Waals surface area contributed by atoms with Gasteiger partial charge in [0.1, 0.15) is 24.3 Å². The summed E-state index contributed by atoms with van der Waals surface area (Å²) in [5, 5.41) is 12.7. The molecule has 3 N–H and O–H groups in total. The minimum absolute atomic E-state index is 0.0558. The first-order valence-corrected chi connectivity index (χ1v) is 11.7. The lowest BCUT2D eigenvalue weighted by molar-refractivity contribution is 0.0843. The van der Waals surface area contributed by atoms with Gasteiger partial charge in [-0.1, -0.05) is 18.2 Å². The number of aliphatic hydroxyl groups excluding tert-OH is 1. The van der Waals surface area contributed by atoms with Gasteiger partial charge in [0.05, 0.1) is 10.6 Å². The molecule has 0 spiro atoms. The zero-order chi connectivity index (χ0) is 24.1. The second-order valence-electron chi connectivity index (χ2n) is 7.30. The van der Waals surface area contributed by atoms with Crippen LogP contribution in [0.4, 0.5) is 10.1 Å². The molecule has 11 heteroatoms. The topological polar surface area (TPSA) is 123 Å². The second-order valence-corrected chi connectivity index (χ2v) is 8.99. The van der Waals surface area contributed by atoms with Crippen molar-refractivity contribution in [2.24, 2.45) is 0 Å². The van der Waals surface area contributed by atoms with E-state index in [0.717, 1.165) is 12.1 Å². The summed E-state index contributed by atoms with van der Waals surface area (Å²) < 4.78 is 57.2. The van der Waals surface area contributed by atoms with Crippen LogP contribution >= 0.6 is 0 Å². The van der Waals surface area contributed by atoms with Gasteiger partial charge < -0.3 is 24.6 Å². The molecule has 9 nitrogen and oxygen atoms in total. The third-order valence-corrected chi connectivity index (χ3v) is 6.17. The molecule has 0 saturated heterocycles. The molecule has 0 bridgehead atoms. The van der Waals surface area contributed by atoms with Crippen molar-refractivity contribution >= 4 is 21.6 Å². The smallest absolute Gasteiger partial charge is 0.262 e. The van der Waals surface area contributed by atoms with Crippen molar-refractivity contribution in [1.82, 2.24) is 5.32 Å². The van der Waals surface area contributed by atoms with Crippen molar-refractivity contribution in [3.05, 3.63) is 78.1 Å². The number of nitrogens with one attached hydrogen (secondary N) is 2. The highest BCUT2D eigenvalue weighted by Crippen LogP contribution is 2.35. The molecule has 1 heterocycles. The average molecular weight is 488 g/mol. The number of carbonyl (C=O) groups is 1. The number of benzene rings is 3. The molecule has 1 aliphatic heterocycles. The van der Waals surface area contributed by atoms with Crippen LogP contribution < -0.4 is 24.2 Å². The van der Waals surface area contributed by atoms with E-state index in [9.17, 15) is 22.7 Å². The molecular weight excluding hydrogens is 467 g/mol. The van der Waals surface area contributed by atoms with E-state index in [1.54, 1.807) is 18.2 Å². The van der Waals surface area contributed by atoms with Gasteiger partial charge in [0.2, 0.25) is 6.79 Å². The maximum Gasteiger partial charge on any atom is 0.262 e. The number of para-hydroxylation sites is 1. The van der Waals surface area contributed by atoms with Crippen LogP contribution in [-0.2, 0) is 10.0 Å². The summed E-state index contributed by atoms with van der Waals surface area (Å²) in [6, 6.07) is 15.6. The van der Waals surface area contributed by atoms with Crippen LogP contribution in [0.15, 0.2) is 71.6 Å². The number of fused-ring (bicyclic) bond motifs is 1. The fourth-order valence-electron chi connectivity index (χ4n) is 3.08. The quantitative estimate of drug-likeness (QED) is 0.423. The molecule has 1 unspecified atom stereocenters. The number of hydrogen-bond donors (Lipinski definition) is 3. The summed E-state index contributed by atoms with van der Waals surface area (Å²) in [5.41, 5.74) is -0.150. The highest BCUT2D eigenvalue weighted by atomic mass is 32.2. The van der Waals surface area contributed by atoms with Gasteiger partial charge in [-0.2, -0.15) is 0 Å². The van der Waals surface area contributed by atoms with E-state index in [1.807, 2.05) is 0 Å². The van der Waals surface area contributed by atoms with Crippen LogP contribution in [0, 0.1) is 5.82 Å². The standard InChI is InChI=1S/C23H21FN2O7S/c24-19-6-1-2-7-20(19)26-34(29,30)18-5-3-4-15(10-18)23(28)25-12-16(27)13-31-17-8-9-21-22(11-17)33-14-32-21/h1-11,16,26-27H,12-14H2,(H,25,28). The van der Waals surface area contributed by atoms with Gasteiger partial charge >= 0.3 is 0 Å². The minimum atomic E-state index is -4.13. The van der Waals surface area contributed by atoms with E-state index in [-0.39, 0.29) is 36.1 Å². The van der Waals surface area contributed by atoms with Crippen molar-refractivity contribution in [3.8, 4) is 17.2 Å². The first-order chi connectivity index (χ1) is 16.3. The van der Waals surface area contributed by atoms with Crippen molar-refractivity contribution in [1.29, 1.82) is 0 Å². The van der Waals surface area contributed by atoms with Crippen LogP contribution in [0.25, 0.3) is 0 Å². The molecule has 0 aliphatic carbocycles. The van der Waals surface area contributed by atoms with Gasteiger partial charge in [-0.25, -0.2) is 12.8 Å². The number of rotatable bonds is 9. The summed E-state index contributed by atoms with van der Waals surface area (Å²) in [6.45, 7) is -0.0934. The lowest BCUT2D eigenvalue weighted by Crippen LogP contribution is -2.35. The Bertz CT molecular complexity index is 1300. The van der Waals surface area contributed by atoms with Crippen molar-refractivity contribution in [2.75, 3.05) is 24.7 Å². The van der Waals surface area contributed by atoms with Gasteiger partial charge in [0.15, 0.2) is 11.5 Å².